The van der Waals surface area contributed by atoms with Crippen molar-refractivity contribution in [2.75, 3.05) is 38.6 Å². The fourth-order valence-corrected chi connectivity index (χ4v) is 4.92. The van der Waals surface area contributed by atoms with Crippen molar-refractivity contribution in [3.8, 4) is 17.2 Å². The van der Waals surface area contributed by atoms with E-state index in [2.05, 4.69) is 10.4 Å². The summed E-state index contributed by atoms with van der Waals surface area (Å²) in [5.74, 6) is 1.03. The van der Waals surface area contributed by atoms with Crippen LogP contribution >= 0.6 is 7.49 Å². The molecule has 196 valence electrons. The van der Waals surface area contributed by atoms with Gasteiger partial charge in [-0.1, -0.05) is 0 Å². The molecule has 12 heteroatoms. The Morgan fingerprint density at radius 3 is 2.39 bits per heavy atom. The standard InChI is InChI=1S/C24H32N3O7PS/c1-17(15-32-2)33-20-12-18(24(28)25-23-10-11-27(26-23)16-35(3,4)29)13-21(14-20)34-19-6-8-22(9-7-19)36(5,30)31/h6-14,17,29,35H,15-16H2,1-5H3,(H,25,26,28)/t17-/m0/s1. The van der Waals surface area contributed by atoms with E-state index in [0.717, 1.165) is 6.26 Å². The molecular weight excluding hydrogens is 505 g/mol. The van der Waals surface area contributed by atoms with Gasteiger partial charge < -0.3 is 4.74 Å². The Balaban J connectivity index is 1.84. The maximum atomic E-state index is 13.0. The molecule has 1 atom stereocenters. The van der Waals surface area contributed by atoms with Crippen LogP contribution in [0.1, 0.15) is 17.3 Å². The van der Waals surface area contributed by atoms with E-state index in [0.29, 0.717) is 36.0 Å². The van der Waals surface area contributed by atoms with Crippen molar-refractivity contribution in [3.63, 3.8) is 0 Å². The average Bonchev–Trinajstić information content (AvgIpc) is 3.18. The molecule has 0 aliphatic carbocycles. The summed E-state index contributed by atoms with van der Waals surface area (Å²) in [4.78, 5) is 23.3. The third kappa shape index (κ3) is 8.30. The average molecular weight is 538 g/mol. The van der Waals surface area contributed by atoms with Crippen LogP contribution in [0.15, 0.2) is 59.6 Å². The molecule has 2 N–H and O–H groups in total. The van der Waals surface area contributed by atoms with Crippen molar-refractivity contribution >= 4 is 29.1 Å². The van der Waals surface area contributed by atoms with Crippen LogP contribution < -0.4 is 14.8 Å². The minimum absolute atomic E-state index is 0.173. The van der Waals surface area contributed by atoms with Gasteiger partial charge in [-0.2, -0.15) is 0 Å². The molecule has 0 unspecified atom stereocenters. The molecule has 0 saturated heterocycles. The fourth-order valence-electron chi connectivity index (χ4n) is 3.32. The zero-order valence-corrected chi connectivity index (χ0v) is 22.7. The predicted molar refractivity (Wildman–Crippen MR) is 141 cm³/mol. The van der Waals surface area contributed by atoms with E-state index in [4.69, 9.17) is 14.2 Å². The van der Waals surface area contributed by atoms with Gasteiger partial charge in [-0.05, 0) is 12.1 Å². The monoisotopic (exact) mass is 537 g/mol. The molecule has 0 bridgehead atoms. The number of carbonyl (C=O) groups excluding carboxylic acids is 1. The Morgan fingerprint density at radius 2 is 1.78 bits per heavy atom. The number of anilines is 1. The first kappa shape index (κ1) is 27.6. The molecule has 1 aromatic heterocycles. The normalized spacial score (nSPS) is 13.2. The number of rotatable bonds is 11. The third-order valence-electron chi connectivity index (χ3n) is 4.80. The summed E-state index contributed by atoms with van der Waals surface area (Å²) in [6.45, 7) is 5.79. The number of sulfone groups is 1. The van der Waals surface area contributed by atoms with Crippen molar-refractivity contribution < 1.29 is 32.3 Å². The number of carbonyl (C=O) groups is 1. The summed E-state index contributed by atoms with van der Waals surface area (Å²) in [5.41, 5.74) is 0.270. The summed E-state index contributed by atoms with van der Waals surface area (Å²) in [6, 6.07) is 12.4. The molecule has 3 aromatic rings. The second-order valence-corrected chi connectivity index (χ2v) is 15.0. The van der Waals surface area contributed by atoms with Gasteiger partial charge in [0, 0.05) is 13.4 Å². The predicted octanol–water partition coefficient (Wildman–Crippen LogP) is 3.62. The molecule has 0 fully saturated rings. The maximum absolute atomic E-state index is 13.0. The van der Waals surface area contributed by atoms with Gasteiger partial charge in [0.15, 0.2) is 9.84 Å². The van der Waals surface area contributed by atoms with E-state index in [9.17, 15) is 18.1 Å². The Morgan fingerprint density at radius 1 is 1.11 bits per heavy atom. The minimum atomic E-state index is -3.33. The molecule has 1 heterocycles. The first-order valence-electron chi connectivity index (χ1n) is 11.2. The van der Waals surface area contributed by atoms with Crippen molar-refractivity contribution in [2.45, 2.75) is 24.2 Å². The molecule has 3 rings (SSSR count). The molecule has 1 amide bonds. The van der Waals surface area contributed by atoms with E-state index >= 15 is 0 Å². The topological polar surface area (TPSA) is 129 Å². The van der Waals surface area contributed by atoms with Crippen molar-refractivity contribution in [3.05, 3.63) is 60.3 Å². The first-order valence-corrected chi connectivity index (χ1v) is 16.2. The van der Waals surface area contributed by atoms with Gasteiger partial charge >= 0.3 is 158 Å². The summed E-state index contributed by atoms with van der Waals surface area (Å²) in [6.07, 6.45) is 2.95. The SMILES string of the molecule is COC[C@H](C)Oc1cc(Oc2ccc(S(C)(=O)=O)cc2)cc(C(=O)Nc2ccn(C[PH](C)(C)O)n2)c1. The number of hydrogen-bond acceptors (Lipinski definition) is 8. The van der Waals surface area contributed by atoms with Gasteiger partial charge in [0.05, 0.1) is 4.90 Å². The van der Waals surface area contributed by atoms with Crippen LogP contribution in [0.25, 0.3) is 0 Å². The van der Waals surface area contributed by atoms with Crippen molar-refractivity contribution in [1.82, 2.24) is 9.78 Å². The van der Waals surface area contributed by atoms with Crippen LogP contribution in [-0.4, -0.2) is 68.4 Å². The Bertz CT molecular complexity index is 1300. The van der Waals surface area contributed by atoms with Gasteiger partial charge in [0.2, 0.25) is 0 Å². The van der Waals surface area contributed by atoms with Crippen LogP contribution in [0.3, 0.4) is 0 Å². The van der Waals surface area contributed by atoms with Crippen LogP contribution in [-0.2, 0) is 20.9 Å². The van der Waals surface area contributed by atoms with Gasteiger partial charge in [-0.25, -0.2) is 8.42 Å². The van der Waals surface area contributed by atoms with Crippen LogP contribution in [0.5, 0.6) is 17.2 Å². The van der Waals surface area contributed by atoms with E-state index in [1.54, 1.807) is 55.6 Å². The Labute approximate surface area is 211 Å². The fraction of sp³-hybridized carbons (Fsp3) is 0.333. The number of amides is 1. The second-order valence-electron chi connectivity index (χ2n) is 9.09. The van der Waals surface area contributed by atoms with E-state index < -0.39 is 23.2 Å². The van der Waals surface area contributed by atoms with Crippen LogP contribution in [0.2, 0.25) is 0 Å². The summed E-state index contributed by atoms with van der Waals surface area (Å²) in [7, 11) is -4.13. The summed E-state index contributed by atoms with van der Waals surface area (Å²) >= 11 is 0. The van der Waals surface area contributed by atoms with Crippen molar-refractivity contribution in [1.29, 1.82) is 0 Å². The number of nitrogens with one attached hydrogen (secondary N) is 1. The Hall–Kier alpha value is -2.98. The molecule has 0 aliphatic rings. The van der Waals surface area contributed by atoms with Gasteiger partial charge in [-0.3, -0.25) is 0 Å². The van der Waals surface area contributed by atoms with Gasteiger partial charge in [0.25, 0.3) is 0 Å². The molecule has 36 heavy (non-hydrogen) atoms. The molecule has 10 nitrogen and oxygen atoms in total. The number of methoxy groups -OCH3 is 1. The quantitative estimate of drug-likeness (QED) is 0.355. The Kier molecular flexibility index (Phi) is 8.73. The number of benzene rings is 2. The number of hydrogen-bond donors (Lipinski definition) is 2. The van der Waals surface area contributed by atoms with Crippen LogP contribution in [0.4, 0.5) is 5.82 Å². The molecule has 0 radical (unpaired) electrons. The zero-order valence-electron chi connectivity index (χ0n) is 20.9. The number of aromatic nitrogens is 2. The zero-order chi connectivity index (χ0) is 26.5. The van der Waals surface area contributed by atoms with Gasteiger partial charge in [-0.15, -0.1) is 0 Å². The summed E-state index contributed by atoms with van der Waals surface area (Å²) < 4.78 is 41.9. The van der Waals surface area contributed by atoms with Gasteiger partial charge in [0.1, 0.15) is 0 Å². The summed E-state index contributed by atoms with van der Waals surface area (Å²) in [5, 5.41) is 7.05. The molecule has 0 saturated carbocycles. The van der Waals surface area contributed by atoms with E-state index in [1.165, 1.54) is 24.3 Å². The second kappa shape index (κ2) is 11.4. The molecule has 2 aromatic carbocycles. The third-order valence-corrected chi connectivity index (χ3v) is 7.03. The van der Waals surface area contributed by atoms with Crippen LogP contribution in [0, 0.1) is 0 Å². The van der Waals surface area contributed by atoms with E-state index in [-0.39, 0.29) is 16.6 Å². The molecule has 0 spiro atoms. The number of ether oxygens (including phenoxy) is 3. The first-order chi connectivity index (χ1) is 16.8. The molecular formula is C24H32N3O7PS. The molecule has 0 aliphatic heterocycles. The van der Waals surface area contributed by atoms with Crippen molar-refractivity contribution in [2.24, 2.45) is 0 Å². The van der Waals surface area contributed by atoms with E-state index in [1.807, 2.05) is 6.92 Å². The number of nitrogens with zero attached hydrogens (tertiary/aromatic N) is 2.